The number of hydrogen-bond donors (Lipinski definition) is 1. The van der Waals surface area contributed by atoms with Gasteiger partial charge < -0.3 is 15.4 Å². The Balaban J connectivity index is 1.69. The molecule has 0 amide bonds. The second kappa shape index (κ2) is 6.50. The van der Waals surface area contributed by atoms with Crippen LogP contribution in [0.4, 0.5) is 0 Å². The molecule has 2 N–H and O–H groups in total. The summed E-state index contributed by atoms with van der Waals surface area (Å²) in [6, 6.07) is 0.268. The Bertz CT molecular complexity index is 285. The fraction of sp³-hybridized carbons (Fsp3) is 0.923. The van der Waals surface area contributed by atoms with Crippen molar-refractivity contribution in [3.05, 3.63) is 0 Å². The Morgan fingerprint density at radius 1 is 1.44 bits per heavy atom. The fourth-order valence-electron chi connectivity index (χ4n) is 2.95. The number of piperazine rings is 1. The summed E-state index contributed by atoms with van der Waals surface area (Å²) in [5, 5.41) is 0. The maximum absolute atomic E-state index is 11.4. The van der Waals surface area contributed by atoms with E-state index in [9.17, 15) is 4.79 Å². The van der Waals surface area contributed by atoms with Gasteiger partial charge in [-0.2, -0.15) is 0 Å². The van der Waals surface area contributed by atoms with Crippen LogP contribution in [0, 0.1) is 0 Å². The van der Waals surface area contributed by atoms with Gasteiger partial charge in [-0.25, -0.2) is 0 Å². The van der Waals surface area contributed by atoms with E-state index in [0.29, 0.717) is 13.0 Å². The molecule has 0 radical (unpaired) electrons. The summed E-state index contributed by atoms with van der Waals surface area (Å²) >= 11 is 0. The molecule has 0 spiro atoms. The van der Waals surface area contributed by atoms with Crippen molar-refractivity contribution in [1.29, 1.82) is 0 Å². The van der Waals surface area contributed by atoms with E-state index < -0.39 is 6.04 Å². The average molecular weight is 255 g/mol. The molecule has 2 fully saturated rings. The maximum Gasteiger partial charge on any atom is 0.322 e. The molecule has 0 saturated carbocycles. The van der Waals surface area contributed by atoms with E-state index >= 15 is 0 Å². The Labute approximate surface area is 109 Å². The SMILES string of the molecule is CCOC(=O)C(N)CCN1CCN2CCCC2C1. The second-order valence-corrected chi connectivity index (χ2v) is 5.28. The van der Waals surface area contributed by atoms with E-state index in [1.165, 1.54) is 25.9 Å². The van der Waals surface area contributed by atoms with Gasteiger partial charge in [0.05, 0.1) is 6.61 Å². The molecule has 0 aromatic heterocycles. The molecule has 2 unspecified atom stereocenters. The number of carbonyl (C=O) groups is 1. The molecule has 18 heavy (non-hydrogen) atoms. The van der Waals surface area contributed by atoms with Crippen molar-refractivity contribution in [2.24, 2.45) is 5.73 Å². The van der Waals surface area contributed by atoms with Crippen LogP contribution in [0.3, 0.4) is 0 Å². The van der Waals surface area contributed by atoms with Crippen LogP contribution in [0.1, 0.15) is 26.2 Å². The molecule has 2 atom stereocenters. The first-order valence-electron chi connectivity index (χ1n) is 7.09. The van der Waals surface area contributed by atoms with Gasteiger partial charge in [-0.05, 0) is 32.7 Å². The number of nitrogens with two attached hydrogens (primary N) is 1. The summed E-state index contributed by atoms with van der Waals surface area (Å²) in [6.07, 6.45) is 3.35. The highest BCUT2D eigenvalue weighted by molar-refractivity contribution is 5.75. The van der Waals surface area contributed by atoms with E-state index in [-0.39, 0.29) is 5.97 Å². The van der Waals surface area contributed by atoms with Crippen LogP contribution in [0.5, 0.6) is 0 Å². The van der Waals surface area contributed by atoms with Crippen LogP contribution < -0.4 is 5.73 Å². The molecular weight excluding hydrogens is 230 g/mol. The van der Waals surface area contributed by atoms with Crippen LogP contribution >= 0.6 is 0 Å². The molecule has 2 saturated heterocycles. The van der Waals surface area contributed by atoms with Gasteiger partial charge in [0.25, 0.3) is 0 Å². The molecular formula is C13H25N3O2. The van der Waals surface area contributed by atoms with Crippen LogP contribution in [0.25, 0.3) is 0 Å². The molecule has 0 aromatic carbocycles. The first kappa shape index (κ1) is 13.8. The number of nitrogens with zero attached hydrogens (tertiary/aromatic N) is 2. The van der Waals surface area contributed by atoms with Gasteiger partial charge >= 0.3 is 5.97 Å². The standard InChI is InChI=1S/C13H25N3O2/c1-2-18-13(17)12(14)5-7-15-8-9-16-6-3-4-11(16)10-15/h11-12H,2-10,14H2,1H3. The predicted molar refractivity (Wildman–Crippen MR) is 70.3 cm³/mol. The second-order valence-electron chi connectivity index (χ2n) is 5.28. The van der Waals surface area contributed by atoms with Crippen molar-refractivity contribution < 1.29 is 9.53 Å². The lowest BCUT2D eigenvalue weighted by atomic mass is 10.1. The highest BCUT2D eigenvalue weighted by Gasteiger charge is 2.30. The highest BCUT2D eigenvalue weighted by atomic mass is 16.5. The number of esters is 1. The summed E-state index contributed by atoms with van der Waals surface area (Å²) in [7, 11) is 0. The minimum Gasteiger partial charge on any atom is -0.465 e. The van der Waals surface area contributed by atoms with E-state index in [1.54, 1.807) is 0 Å². The third-order valence-corrected chi connectivity index (χ3v) is 4.02. The molecule has 2 aliphatic rings. The number of hydrogen-bond acceptors (Lipinski definition) is 5. The van der Waals surface area contributed by atoms with E-state index in [1.807, 2.05) is 6.92 Å². The molecule has 5 heteroatoms. The van der Waals surface area contributed by atoms with Crippen LogP contribution in [0.15, 0.2) is 0 Å². The van der Waals surface area contributed by atoms with Crippen molar-refractivity contribution >= 4 is 5.97 Å². The maximum atomic E-state index is 11.4. The molecule has 0 bridgehead atoms. The van der Waals surface area contributed by atoms with Crippen LogP contribution in [0.2, 0.25) is 0 Å². The Morgan fingerprint density at radius 3 is 3.06 bits per heavy atom. The van der Waals surface area contributed by atoms with Gasteiger partial charge in [-0.3, -0.25) is 9.69 Å². The lowest BCUT2D eigenvalue weighted by molar-refractivity contribution is -0.144. The van der Waals surface area contributed by atoms with Gasteiger partial charge in [0.1, 0.15) is 6.04 Å². The number of fused-ring (bicyclic) bond motifs is 1. The van der Waals surface area contributed by atoms with Gasteiger partial charge in [0, 0.05) is 32.2 Å². The van der Waals surface area contributed by atoms with Crippen LogP contribution in [-0.2, 0) is 9.53 Å². The first-order valence-corrected chi connectivity index (χ1v) is 7.09. The highest BCUT2D eigenvalue weighted by Crippen LogP contribution is 2.21. The van der Waals surface area contributed by atoms with Crippen LogP contribution in [-0.4, -0.2) is 67.2 Å². The van der Waals surface area contributed by atoms with Gasteiger partial charge in [-0.15, -0.1) is 0 Å². The smallest absolute Gasteiger partial charge is 0.322 e. The zero-order valence-electron chi connectivity index (χ0n) is 11.3. The third-order valence-electron chi connectivity index (χ3n) is 4.02. The summed E-state index contributed by atoms with van der Waals surface area (Å²) in [4.78, 5) is 16.4. The average Bonchev–Trinajstić information content (AvgIpc) is 2.83. The largest absolute Gasteiger partial charge is 0.465 e. The zero-order chi connectivity index (χ0) is 13.0. The topological polar surface area (TPSA) is 58.8 Å². The van der Waals surface area contributed by atoms with Crippen molar-refractivity contribution in [1.82, 2.24) is 9.80 Å². The molecule has 0 aromatic rings. The lowest BCUT2D eigenvalue weighted by Gasteiger charge is -2.37. The van der Waals surface area contributed by atoms with Gasteiger partial charge in [0.15, 0.2) is 0 Å². The monoisotopic (exact) mass is 255 g/mol. The minimum absolute atomic E-state index is 0.267. The molecule has 2 aliphatic heterocycles. The minimum atomic E-state index is -0.466. The first-order chi connectivity index (χ1) is 8.70. The summed E-state index contributed by atoms with van der Waals surface area (Å²) in [6.45, 7) is 7.79. The number of carbonyl (C=O) groups excluding carboxylic acids is 1. The lowest BCUT2D eigenvalue weighted by Crippen LogP contribution is -2.51. The van der Waals surface area contributed by atoms with E-state index in [2.05, 4.69) is 9.80 Å². The Kier molecular flexibility index (Phi) is 4.97. The summed E-state index contributed by atoms with van der Waals surface area (Å²) < 4.78 is 4.92. The Hall–Kier alpha value is -0.650. The molecule has 5 nitrogen and oxygen atoms in total. The Morgan fingerprint density at radius 2 is 2.28 bits per heavy atom. The van der Waals surface area contributed by atoms with Gasteiger partial charge in [0.2, 0.25) is 0 Å². The molecule has 0 aliphatic carbocycles. The normalized spacial score (nSPS) is 26.9. The van der Waals surface area contributed by atoms with Crippen molar-refractivity contribution in [3.8, 4) is 0 Å². The van der Waals surface area contributed by atoms with E-state index in [4.69, 9.17) is 10.5 Å². The summed E-state index contributed by atoms with van der Waals surface area (Å²) in [5.74, 6) is -0.267. The van der Waals surface area contributed by atoms with Crippen molar-refractivity contribution in [3.63, 3.8) is 0 Å². The van der Waals surface area contributed by atoms with Gasteiger partial charge in [-0.1, -0.05) is 0 Å². The van der Waals surface area contributed by atoms with Crippen molar-refractivity contribution in [2.45, 2.75) is 38.3 Å². The zero-order valence-corrected chi connectivity index (χ0v) is 11.3. The number of ether oxygens (including phenoxy) is 1. The third kappa shape index (κ3) is 3.43. The number of rotatable bonds is 5. The molecule has 2 rings (SSSR count). The summed E-state index contributed by atoms with van der Waals surface area (Å²) in [5.41, 5.74) is 5.82. The predicted octanol–water partition coefficient (Wildman–Crippen LogP) is 0.0469. The fourth-order valence-corrected chi connectivity index (χ4v) is 2.95. The quantitative estimate of drug-likeness (QED) is 0.703. The van der Waals surface area contributed by atoms with Crippen molar-refractivity contribution in [2.75, 3.05) is 39.3 Å². The molecule has 104 valence electrons. The molecule has 2 heterocycles. The van der Waals surface area contributed by atoms with E-state index in [0.717, 1.165) is 25.7 Å².